The average molecular weight is 561 g/mol. The minimum atomic E-state index is -1.06. The lowest BCUT2D eigenvalue weighted by Gasteiger charge is -2.14. The lowest BCUT2D eigenvalue weighted by molar-refractivity contribution is 0.0691. The Hall–Kier alpha value is -3.93. The zero-order valence-electron chi connectivity index (χ0n) is 19.8. The van der Waals surface area contributed by atoms with E-state index in [1.807, 2.05) is 35.0 Å². The van der Waals surface area contributed by atoms with Gasteiger partial charge in [0.05, 0.1) is 5.01 Å². The summed E-state index contributed by atoms with van der Waals surface area (Å²) in [6, 6.07) is 16.5. The van der Waals surface area contributed by atoms with Crippen molar-refractivity contribution >= 4 is 46.1 Å². The molecule has 3 aromatic heterocycles. The Bertz CT molecular complexity index is 1590. The molecule has 0 atom stereocenters. The summed E-state index contributed by atoms with van der Waals surface area (Å²) in [6.45, 7) is 0.685. The summed E-state index contributed by atoms with van der Waals surface area (Å²) in [7, 11) is 0. The van der Waals surface area contributed by atoms with Gasteiger partial charge in [-0.2, -0.15) is 0 Å². The van der Waals surface area contributed by atoms with Gasteiger partial charge in [-0.25, -0.2) is 24.5 Å². The van der Waals surface area contributed by atoms with Crippen LogP contribution in [0.25, 0.3) is 32.5 Å². The molecule has 2 N–H and O–H groups in total. The molecule has 0 saturated heterocycles. The molecule has 1 aliphatic rings. The molecule has 1 amide bonds. The summed E-state index contributed by atoms with van der Waals surface area (Å²) in [5, 5.41) is 19.3. The van der Waals surface area contributed by atoms with Crippen LogP contribution in [0.2, 0.25) is 0 Å². The molecule has 8 nitrogen and oxygen atoms in total. The molecule has 0 fully saturated rings. The number of amides is 1. The van der Waals surface area contributed by atoms with Crippen LogP contribution in [-0.2, 0) is 11.2 Å². The first-order chi connectivity index (χ1) is 18.6. The number of hydrogen-bond donors (Lipinski definition) is 2. The van der Waals surface area contributed by atoms with E-state index in [9.17, 15) is 9.59 Å². The molecule has 3 heterocycles. The summed E-state index contributed by atoms with van der Waals surface area (Å²) >= 11 is 4.17. The summed E-state index contributed by atoms with van der Waals surface area (Å²) in [5.41, 5.74) is 6.14. The lowest BCUT2D eigenvalue weighted by Crippen LogP contribution is -2.28. The highest BCUT2D eigenvalue weighted by molar-refractivity contribution is 7.16. The van der Waals surface area contributed by atoms with Crippen LogP contribution in [0.3, 0.4) is 0 Å². The molecule has 0 aliphatic heterocycles. The summed E-state index contributed by atoms with van der Waals surface area (Å²) in [5.74, 6) is -1.03. The minimum Gasteiger partial charge on any atom is -0.476 e. The van der Waals surface area contributed by atoms with Crippen LogP contribution in [0.5, 0.6) is 0 Å². The third-order valence-corrected chi connectivity index (χ3v) is 8.81. The van der Waals surface area contributed by atoms with Gasteiger partial charge in [-0.1, -0.05) is 48.5 Å². The molecule has 11 heteroatoms. The van der Waals surface area contributed by atoms with Gasteiger partial charge in [-0.3, -0.25) is 0 Å². The number of alkyl carbamates (subject to hydrolysis) is 1. The van der Waals surface area contributed by atoms with Crippen molar-refractivity contribution in [1.29, 1.82) is 0 Å². The first-order valence-corrected chi connectivity index (χ1v) is 14.4. The number of rotatable bonds is 8. The number of thiazole rings is 3. The maximum Gasteiger partial charge on any atom is 0.407 e. The summed E-state index contributed by atoms with van der Waals surface area (Å²) in [4.78, 5) is 36.8. The average Bonchev–Trinajstić information content (AvgIpc) is 3.73. The first-order valence-electron chi connectivity index (χ1n) is 11.7. The molecule has 1 aliphatic carbocycles. The van der Waals surface area contributed by atoms with Crippen LogP contribution >= 0.6 is 34.0 Å². The number of benzene rings is 2. The third-order valence-electron chi connectivity index (χ3n) is 6.17. The van der Waals surface area contributed by atoms with E-state index in [1.165, 1.54) is 61.6 Å². The van der Waals surface area contributed by atoms with E-state index >= 15 is 0 Å². The number of carbonyl (C=O) groups is 2. The second kappa shape index (κ2) is 10.4. The van der Waals surface area contributed by atoms with Gasteiger partial charge in [-0.05, 0) is 22.3 Å². The van der Waals surface area contributed by atoms with Crippen molar-refractivity contribution in [3.63, 3.8) is 0 Å². The van der Waals surface area contributed by atoms with E-state index in [-0.39, 0.29) is 18.2 Å². The highest BCUT2D eigenvalue weighted by Crippen LogP contribution is 2.44. The van der Waals surface area contributed by atoms with E-state index in [4.69, 9.17) is 9.84 Å². The SMILES string of the molecule is O=C(NCCc1nc(-c2nc(-c3nc(C(=O)O)cs3)cs2)cs1)OCC1c2ccccc2-c2ccccc21. The predicted molar refractivity (Wildman–Crippen MR) is 148 cm³/mol. The van der Waals surface area contributed by atoms with Gasteiger partial charge in [0.1, 0.15) is 28.0 Å². The van der Waals surface area contributed by atoms with Gasteiger partial charge < -0.3 is 15.2 Å². The van der Waals surface area contributed by atoms with Crippen LogP contribution in [0, 0.1) is 0 Å². The van der Waals surface area contributed by atoms with Crippen molar-refractivity contribution in [2.24, 2.45) is 0 Å². The van der Waals surface area contributed by atoms with E-state index in [0.29, 0.717) is 23.7 Å². The highest BCUT2D eigenvalue weighted by atomic mass is 32.1. The zero-order valence-corrected chi connectivity index (χ0v) is 22.2. The van der Waals surface area contributed by atoms with Crippen molar-refractivity contribution in [3.05, 3.63) is 86.5 Å². The fourth-order valence-corrected chi connectivity index (χ4v) is 6.87. The fourth-order valence-electron chi connectivity index (χ4n) is 4.42. The van der Waals surface area contributed by atoms with Gasteiger partial charge >= 0.3 is 12.1 Å². The Morgan fingerprint density at radius 2 is 1.47 bits per heavy atom. The number of hydrogen-bond acceptors (Lipinski definition) is 9. The summed E-state index contributed by atoms with van der Waals surface area (Å²) < 4.78 is 5.60. The number of aromatic carboxylic acids is 1. The fraction of sp³-hybridized carbons (Fsp3) is 0.148. The smallest absolute Gasteiger partial charge is 0.407 e. The number of carboxylic acids is 1. The van der Waals surface area contributed by atoms with Crippen molar-refractivity contribution in [2.45, 2.75) is 12.3 Å². The minimum absolute atomic E-state index is 0.0133. The predicted octanol–water partition coefficient (Wildman–Crippen LogP) is 6.17. The molecule has 0 saturated carbocycles. The largest absolute Gasteiger partial charge is 0.476 e. The van der Waals surface area contributed by atoms with Gasteiger partial charge in [-0.15, -0.1) is 34.0 Å². The molecule has 0 spiro atoms. The molecule has 38 heavy (non-hydrogen) atoms. The van der Waals surface area contributed by atoms with Gasteiger partial charge in [0.25, 0.3) is 0 Å². The Morgan fingerprint density at radius 3 is 2.18 bits per heavy atom. The second-order valence-electron chi connectivity index (χ2n) is 8.51. The van der Waals surface area contributed by atoms with E-state index in [1.54, 1.807) is 0 Å². The van der Waals surface area contributed by atoms with Gasteiger partial charge in [0.15, 0.2) is 5.69 Å². The Morgan fingerprint density at radius 1 is 0.842 bits per heavy atom. The maximum absolute atomic E-state index is 12.4. The molecule has 190 valence electrons. The summed E-state index contributed by atoms with van der Waals surface area (Å²) in [6.07, 6.45) is 0.124. The number of ether oxygens (including phenoxy) is 1. The maximum atomic E-state index is 12.4. The van der Waals surface area contributed by atoms with Crippen molar-refractivity contribution in [1.82, 2.24) is 20.3 Å². The molecule has 0 bridgehead atoms. The van der Waals surface area contributed by atoms with Crippen LogP contribution in [-0.4, -0.2) is 45.3 Å². The Labute approximate surface area is 229 Å². The van der Waals surface area contributed by atoms with Gasteiger partial charge in [0.2, 0.25) is 0 Å². The lowest BCUT2D eigenvalue weighted by atomic mass is 9.98. The van der Waals surface area contributed by atoms with E-state index < -0.39 is 12.1 Å². The zero-order chi connectivity index (χ0) is 26.1. The third kappa shape index (κ3) is 4.83. The quantitative estimate of drug-likeness (QED) is 0.233. The molecule has 2 aromatic carbocycles. The molecule has 5 aromatic rings. The van der Waals surface area contributed by atoms with Crippen molar-refractivity contribution in [2.75, 3.05) is 13.2 Å². The molecule has 0 radical (unpaired) electrons. The van der Waals surface area contributed by atoms with E-state index in [0.717, 1.165) is 15.7 Å². The van der Waals surface area contributed by atoms with Crippen LogP contribution in [0.15, 0.2) is 64.7 Å². The molecule has 6 rings (SSSR count). The molecule has 0 unspecified atom stereocenters. The van der Waals surface area contributed by atoms with Crippen molar-refractivity contribution < 1.29 is 19.4 Å². The normalized spacial score (nSPS) is 12.2. The Balaban J connectivity index is 1.02. The van der Waals surface area contributed by atoms with Crippen LogP contribution in [0.4, 0.5) is 4.79 Å². The first kappa shape index (κ1) is 24.4. The van der Waals surface area contributed by atoms with Gasteiger partial charge in [0, 0.05) is 35.0 Å². The van der Waals surface area contributed by atoms with Crippen LogP contribution in [0.1, 0.15) is 32.5 Å². The number of carboxylic acid groups (broad SMARTS) is 1. The highest BCUT2D eigenvalue weighted by Gasteiger charge is 2.29. The topological polar surface area (TPSA) is 114 Å². The van der Waals surface area contributed by atoms with Crippen molar-refractivity contribution in [3.8, 4) is 32.5 Å². The molecular weight excluding hydrogens is 541 g/mol. The van der Waals surface area contributed by atoms with Crippen LogP contribution < -0.4 is 5.32 Å². The monoisotopic (exact) mass is 560 g/mol. The number of nitrogens with zero attached hydrogens (tertiary/aromatic N) is 3. The number of aromatic nitrogens is 3. The second-order valence-corrected chi connectivity index (χ2v) is 11.2. The standard InChI is InChI=1S/C27H20N4O4S3/c32-26(33)22-14-38-25(31-22)21-13-37-24(30-21)20-12-36-23(29-20)9-10-28-27(34)35-11-19-17-7-3-1-5-15(17)16-6-2-4-8-18(16)19/h1-8,12-14,19H,9-11H2,(H,28,34)(H,32,33). The number of carbonyl (C=O) groups excluding carboxylic acids is 1. The number of fused-ring (bicyclic) bond motifs is 3. The Kier molecular flexibility index (Phi) is 6.71. The molecular formula is C27H20N4O4S3. The van der Waals surface area contributed by atoms with E-state index in [2.05, 4.69) is 44.5 Å². The number of nitrogens with one attached hydrogen (secondary N) is 1.